The van der Waals surface area contributed by atoms with Crippen molar-refractivity contribution in [2.75, 3.05) is 19.8 Å². The van der Waals surface area contributed by atoms with Crippen molar-refractivity contribution < 1.29 is 4.42 Å². The zero-order valence-electron chi connectivity index (χ0n) is 9.34. The van der Waals surface area contributed by atoms with Crippen LogP contribution in [0.2, 0.25) is 0 Å². The lowest BCUT2D eigenvalue weighted by molar-refractivity contribution is 0.344. The topological polar surface area (TPSA) is 68.2 Å². The maximum Gasteiger partial charge on any atom is 0.247 e. The minimum Gasteiger partial charge on any atom is -0.419 e. The molecule has 2 aromatic rings. The van der Waals surface area contributed by atoms with Crippen LogP contribution in [0.5, 0.6) is 0 Å². The Morgan fingerprint density at radius 3 is 2.50 bits per heavy atom. The van der Waals surface area contributed by atoms with Crippen LogP contribution in [-0.2, 0) is 6.54 Å². The molecular weight excluding hydrogens is 204 g/mol. The fraction of sp³-hybridized carbons (Fsp3) is 0.273. The monoisotopic (exact) mass is 218 g/mol. The molecule has 16 heavy (non-hydrogen) atoms. The second kappa shape index (κ2) is 4.32. The molecule has 5 heteroatoms. The van der Waals surface area contributed by atoms with Crippen molar-refractivity contribution in [1.82, 2.24) is 15.1 Å². The van der Waals surface area contributed by atoms with E-state index >= 15 is 0 Å². The zero-order chi connectivity index (χ0) is 11.5. The maximum absolute atomic E-state index is 5.60. The number of hydrogen-bond acceptors (Lipinski definition) is 5. The normalized spacial score (nSPS) is 10.9. The first kappa shape index (κ1) is 10.6. The van der Waals surface area contributed by atoms with Crippen molar-refractivity contribution in [3.05, 3.63) is 30.2 Å². The summed E-state index contributed by atoms with van der Waals surface area (Å²) in [4.78, 5) is 1.97. The van der Waals surface area contributed by atoms with Gasteiger partial charge < -0.3 is 15.1 Å². The molecule has 2 rings (SSSR count). The van der Waals surface area contributed by atoms with Gasteiger partial charge in [0.05, 0.1) is 6.54 Å². The summed E-state index contributed by atoms with van der Waals surface area (Å²) in [6, 6.07) is 7.35. The summed E-state index contributed by atoms with van der Waals surface area (Å²) in [5, 5.41) is 7.95. The molecule has 2 N–H and O–H groups in total. The standard InChI is InChI=1S/C11H14N4O/c1-15(2)7-10-13-14-11(16-10)8-3-5-9(12)6-4-8/h3-6H,7,12H2,1-2H3. The molecule has 0 aliphatic heterocycles. The third-order valence-electron chi connectivity index (χ3n) is 2.08. The minimum absolute atomic E-state index is 0.525. The summed E-state index contributed by atoms with van der Waals surface area (Å²) >= 11 is 0. The quantitative estimate of drug-likeness (QED) is 0.788. The van der Waals surface area contributed by atoms with E-state index in [1.807, 2.05) is 43.3 Å². The van der Waals surface area contributed by atoms with E-state index in [9.17, 15) is 0 Å². The SMILES string of the molecule is CN(C)Cc1nnc(-c2ccc(N)cc2)o1. The van der Waals surface area contributed by atoms with E-state index in [1.165, 1.54) is 0 Å². The number of nitrogens with two attached hydrogens (primary N) is 1. The van der Waals surface area contributed by atoms with Crippen LogP contribution in [0.3, 0.4) is 0 Å². The van der Waals surface area contributed by atoms with E-state index < -0.39 is 0 Å². The summed E-state index contributed by atoms with van der Waals surface area (Å²) in [6.07, 6.45) is 0. The molecule has 0 saturated carbocycles. The van der Waals surface area contributed by atoms with Crippen molar-refractivity contribution in [3.63, 3.8) is 0 Å². The van der Waals surface area contributed by atoms with Gasteiger partial charge in [-0.1, -0.05) is 0 Å². The minimum atomic E-state index is 0.525. The summed E-state index contributed by atoms with van der Waals surface area (Å²) in [6.45, 7) is 0.641. The molecule has 5 nitrogen and oxygen atoms in total. The number of anilines is 1. The summed E-state index contributed by atoms with van der Waals surface area (Å²) in [7, 11) is 3.90. The Balaban J connectivity index is 2.21. The van der Waals surface area contributed by atoms with E-state index in [0.29, 0.717) is 18.3 Å². The lowest BCUT2D eigenvalue weighted by atomic mass is 10.2. The lowest BCUT2D eigenvalue weighted by Gasteiger charge is -2.03. The van der Waals surface area contributed by atoms with Crippen LogP contribution in [0.4, 0.5) is 5.69 Å². The molecule has 0 aliphatic carbocycles. The lowest BCUT2D eigenvalue weighted by Crippen LogP contribution is -2.10. The Labute approximate surface area is 93.9 Å². The van der Waals surface area contributed by atoms with Crippen LogP contribution in [0.25, 0.3) is 11.5 Å². The first-order chi connectivity index (χ1) is 7.65. The van der Waals surface area contributed by atoms with Crippen molar-refractivity contribution in [2.24, 2.45) is 0 Å². The summed E-state index contributed by atoms with van der Waals surface area (Å²) in [5.74, 6) is 1.13. The van der Waals surface area contributed by atoms with E-state index in [4.69, 9.17) is 10.2 Å². The average Bonchev–Trinajstić information content (AvgIpc) is 2.66. The van der Waals surface area contributed by atoms with Crippen LogP contribution in [0.1, 0.15) is 5.89 Å². The third-order valence-corrected chi connectivity index (χ3v) is 2.08. The van der Waals surface area contributed by atoms with Crippen molar-refractivity contribution in [3.8, 4) is 11.5 Å². The molecule has 1 heterocycles. The van der Waals surface area contributed by atoms with E-state index in [1.54, 1.807) is 0 Å². The first-order valence-electron chi connectivity index (χ1n) is 4.98. The van der Waals surface area contributed by atoms with Crippen LogP contribution >= 0.6 is 0 Å². The number of rotatable bonds is 3. The first-order valence-corrected chi connectivity index (χ1v) is 4.98. The molecule has 0 bridgehead atoms. The highest BCUT2D eigenvalue weighted by Gasteiger charge is 2.08. The largest absolute Gasteiger partial charge is 0.419 e. The molecular formula is C11H14N4O. The van der Waals surface area contributed by atoms with Crippen LogP contribution < -0.4 is 5.73 Å². The molecule has 1 aromatic heterocycles. The molecule has 0 amide bonds. The number of hydrogen-bond donors (Lipinski definition) is 1. The predicted molar refractivity (Wildman–Crippen MR) is 61.5 cm³/mol. The fourth-order valence-corrected chi connectivity index (χ4v) is 1.33. The number of nitrogen functional groups attached to an aromatic ring is 1. The van der Waals surface area contributed by atoms with E-state index in [2.05, 4.69) is 10.2 Å². The third kappa shape index (κ3) is 2.38. The highest BCUT2D eigenvalue weighted by Crippen LogP contribution is 2.19. The van der Waals surface area contributed by atoms with Gasteiger partial charge in [0, 0.05) is 11.3 Å². The molecule has 1 aromatic carbocycles. The van der Waals surface area contributed by atoms with Crippen LogP contribution in [-0.4, -0.2) is 29.2 Å². The van der Waals surface area contributed by atoms with Gasteiger partial charge in [0.2, 0.25) is 11.8 Å². The van der Waals surface area contributed by atoms with Crippen LogP contribution in [0.15, 0.2) is 28.7 Å². The highest BCUT2D eigenvalue weighted by atomic mass is 16.4. The van der Waals surface area contributed by atoms with Gasteiger partial charge in [-0.2, -0.15) is 0 Å². The Hall–Kier alpha value is -1.88. The van der Waals surface area contributed by atoms with Gasteiger partial charge in [0.1, 0.15) is 0 Å². The van der Waals surface area contributed by atoms with Gasteiger partial charge >= 0.3 is 0 Å². The van der Waals surface area contributed by atoms with Gasteiger partial charge in [-0.15, -0.1) is 10.2 Å². The van der Waals surface area contributed by atoms with Gasteiger partial charge in [-0.25, -0.2) is 0 Å². The molecule has 0 fully saturated rings. The number of aromatic nitrogens is 2. The second-order valence-electron chi connectivity index (χ2n) is 3.86. The van der Waals surface area contributed by atoms with Crippen LogP contribution in [0, 0.1) is 0 Å². The van der Waals surface area contributed by atoms with Gasteiger partial charge in [-0.3, -0.25) is 0 Å². The van der Waals surface area contributed by atoms with Crippen molar-refractivity contribution in [1.29, 1.82) is 0 Å². The van der Waals surface area contributed by atoms with Gasteiger partial charge in [0.15, 0.2) is 0 Å². The Morgan fingerprint density at radius 2 is 1.88 bits per heavy atom. The molecule has 0 aliphatic rings. The highest BCUT2D eigenvalue weighted by molar-refractivity contribution is 5.56. The zero-order valence-corrected chi connectivity index (χ0v) is 9.34. The second-order valence-corrected chi connectivity index (χ2v) is 3.86. The van der Waals surface area contributed by atoms with E-state index in [-0.39, 0.29) is 0 Å². The molecule has 0 spiro atoms. The molecule has 0 saturated heterocycles. The molecule has 0 atom stereocenters. The Morgan fingerprint density at radius 1 is 1.19 bits per heavy atom. The van der Waals surface area contributed by atoms with Gasteiger partial charge in [-0.05, 0) is 38.4 Å². The van der Waals surface area contributed by atoms with Gasteiger partial charge in [0.25, 0.3) is 0 Å². The molecule has 84 valence electrons. The fourth-order valence-electron chi connectivity index (χ4n) is 1.33. The van der Waals surface area contributed by atoms with E-state index in [0.717, 1.165) is 11.3 Å². The Bertz CT molecular complexity index is 461. The molecule has 0 unspecified atom stereocenters. The Kier molecular flexibility index (Phi) is 2.87. The van der Waals surface area contributed by atoms with Crippen molar-refractivity contribution >= 4 is 5.69 Å². The number of nitrogens with zero attached hydrogens (tertiary/aromatic N) is 3. The average molecular weight is 218 g/mol. The maximum atomic E-state index is 5.60. The predicted octanol–water partition coefficient (Wildman–Crippen LogP) is 1.38. The summed E-state index contributed by atoms with van der Waals surface area (Å²) < 4.78 is 5.52. The molecule has 0 radical (unpaired) electrons. The van der Waals surface area contributed by atoms with Crippen molar-refractivity contribution in [2.45, 2.75) is 6.54 Å². The smallest absolute Gasteiger partial charge is 0.247 e. The summed E-state index contributed by atoms with van der Waals surface area (Å²) in [5.41, 5.74) is 7.20. The number of benzene rings is 1.